The summed E-state index contributed by atoms with van der Waals surface area (Å²) in [6.07, 6.45) is 5.44. The number of rotatable bonds is 6. The number of urea groups is 1. The maximum atomic E-state index is 11.9. The highest BCUT2D eigenvalue weighted by Gasteiger charge is 2.18. The van der Waals surface area contributed by atoms with Crippen molar-refractivity contribution in [3.05, 3.63) is 34.9 Å². The van der Waals surface area contributed by atoms with Crippen molar-refractivity contribution in [1.29, 1.82) is 0 Å². The first-order valence-electron chi connectivity index (χ1n) is 9.63. The minimum Gasteiger partial charge on any atom is -0.390 e. The van der Waals surface area contributed by atoms with E-state index in [1.54, 1.807) is 0 Å². The number of carbonyl (C=O) groups excluding carboxylic acids is 1. The molecule has 5 nitrogen and oxygen atoms in total. The Morgan fingerprint density at radius 3 is 2.80 bits per heavy atom. The van der Waals surface area contributed by atoms with Gasteiger partial charge in [0.15, 0.2) is 0 Å². The number of carbonyl (C=O) groups is 1. The van der Waals surface area contributed by atoms with Gasteiger partial charge in [-0.2, -0.15) is 0 Å². The number of aliphatic hydroxyl groups is 1. The second-order valence-corrected chi connectivity index (χ2v) is 7.66. The Bertz CT molecular complexity index is 582. The van der Waals surface area contributed by atoms with Crippen molar-refractivity contribution in [2.45, 2.75) is 51.7 Å². The van der Waals surface area contributed by atoms with E-state index in [9.17, 15) is 9.90 Å². The molecule has 138 valence electrons. The van der Waals surface area contributed by atoms with Crippen LogP contribution in [-0.4, -0.2) is 48.3 Å². The number of likely N-dealkylation sites (tertiary alicyclic amines) is 1. The third kappa shape index (κ3) is 5.44. The number of aliphatic hydroxyl groups excluding tert-OH is 1. The molecule has 1 saturated heterocycles. The van der Waals surface area contributed by atoms with Gasteiger partial charge in [-0.3, -0.25) is 0 Å². The molecule has 1 fully saturated rings. The number of nitrogens with one attached hydrogen (secondary N) is 2. The van der Waals surface area contributed by atoms with E-state index in [1.165, 1.54) is 36.8 Å². The van der Waals surface area contributed by atoms with Gasteiger partial charge in [-0.25, -0.2) is 4.79 Å². The predicted molar refractivity (Wildman–Crippen MR) is 99.6 cm³/mol. The largest absolute Gasteiger partial charge is 0.390 e. The summed E-state index contributed by atoms with van der Waals surface area (Å²) in [7, 11) is 0. The van der Waals surface area contributed by atoms with Crippen molar-refractivity contribution < 1.29 is 9.90 Å². The van der Waals surface area contributed by atoms with Crippen molar-refractivity contribution in [2.24, 2.45) is 5.92 Å². The molecule has 0 radical (unpaired) electrons. The molecule has 1 atom stereocenters. The number of amides is 2. The number of aryl methyl sites for hydroxylation is 2. The number of piperidine rings is 1. The first kappa shape index (κ1) is 18.2. The molecule has 5 heteroatoms. The molecule has 1 aliphatic heterocycles. The lowest BCUT2D eigenvalue weighted by atomic mass is 9.99. The summed E-state index contributed by atoms with van der Waals surface area (Å²) in [6, 6.07) is 6.26. The molecular formula is C20H31N3O2. The molecule has 0 spiro atoms. The van der Waals surface area contributed by atoms with Crippen LogP contribution in [-0.2, 0) is 19.4 Å². The van der Waals surface area contributed by atoms with Gasteiger partial charge in [0.25, 0.3) is 0 Å². The van der Waals surface area contributed by atoms with Crippen molar-refractivity contribution >= 4 is 6.03 Å². The van der Waals surface area contributed by atoms with Crippen LogP contribution in [0.15, 0.2) is 18.2 Å². The Labute approximate surface area is 150 Å². The summed E-state index contributed by atoms with van der Waals surface area (Å²) in [5, 5.41) is 15.8. The molecule has 1 aromatic rings. The van der Waals surface area contributed by atoms with Gasteiger partial charge < -0.3 is 20.6 Å². The smallest absolute Gasteiger partial charge is 0.315 e. The standard InChI is InChI=1S/C20H31N3O2/c1-15-7-9-23(10-8-15)14-19(24)13-22-20(25)21-12-16-5-6-17-3-2-4-18(17)11-16/h5-6,11,15,19,24H,2-4,7-10,12-14H2,1H3,(H2,21,22,25). The lowest BCUT2D eigenvalue weighted by Gasteiger charge is -2.31. The van der Waals surface area contributed by atoms with E-state index in [0.717, 1.165) is 31.0 Å². The molecule has 0 bridgehead atoms. The van der Waals surface area contributed by atoms with Crippen LogP contribution >= 0.6 is 0 Å². The minimum absolute atomic E-state index is 0.216. The highest BCUT2D eigenvalue weighted by molar-refractivity contribution is 5.73. The molecule has 1 unspecified atom stereocenters. The maximum absolute atomic E-state index is 11.9. The van der Waals surface area contributed by atoms with E-state index in [2.05, 4.69) is 40.7 Å². The van der Waals surface area contributed by atoms with Gasteiger partial charge >= 0.3 is 6.03 Å². The molecule has 0 saturated carbocycles. The molecule has 1 heterocycles. The summed E-state index contributed by atoms with van der Waals surface area (Å²) in [6.45, 7) is 5.82. The van der Waals surface area contributed by atoms with Gasteiger partial charge in [-0.05, 0) is 67.8 Å². The fourth-order valence-electron chi connectivity index (χ4n) is 3.80. The predicted octanol–water partition coefficient (Wildman–Crippen LogP) is 2.07. The van der Waals surface area contributed by atoms with Crippen molar-refractivity contribution in [2.75, 3.05) is 26.2 Å². The highest BCUT2D eigenvalue weighted by atomic mass is 16.3. The number of fused-ring (bicyclic) bond motifs is 1. The zero-order valence-corrected chi connectivity index (χ0v) is 15.3. The van der Waals surface area contributed by atoms with Gasteiger partial charge in [-0.1, -0.05) is 25.1 Å². The van der Waals surface area contributed by atoms with Gasteiger partial charge in [0.1, 0.15) is 0 Å². The average Bonchev–Trinajstić information content (AvgIpc) is 3.08. The van der Waals surface area contributed by atoms with Crippen LogP contribution in [0.4, 0.5) is 4.79 Å². The fraction of sp³-hybridized carbons (Fsp3) is 0.650. The van der Waals surface area contributed by atoms with Crippen molar-refractivity contribution in [3.63, 3.8) is 0 Å². The molecule has 2 amide bonds. The van der Waals surface area contributed by atoms with E-state index >= 15 is 0 Å². The molecule has 25 heavy (non-hydrogen) atoms. The molecule has 0 aromatic heterocycles. The second-order valence-electron chi connectivity index (χ2n) is 7.66. The molecule has 3 rings (SSSR count). The number of hydrogen-bond acceptors (Lipinski definition) is 3. The second kappa shape index (κ2) is 8.68. The molecule has 1 aliphatic carbocycles. The Hall–Kier alpha value is -1.59. The Morgan fingerprint density at radius 2 is 2.00 bits per heavy atom. The van der Waals surface area contributed by atoms with Crippen LogP contribution in [0.3, 0.4) is 0 Å². The lowest BCUT2D eigenvalue weighted by Crippen LogP contribution is -2.45. The summed E-state index contributed by atoms with van der Waals surface area (Å²) in [5.74, 6) is 0.788. The first-order chi connectivity index (χ1) is 12.1. The third-order valence-electron chi connectivity index (χ3n) is 5.46. The molecular weight excluding hydrogens is 314 g/mol. The first-order valence-corrected chi connectivity index (χ1v) is 9.63. The lowest BCUT2D eigenvalue weighted by molar-refractivity contribution is 0.0920. The van der Waals surface area contributed by atoms with E-state index in [4.69, 9.17) is 0 Å². The average molecular weight is 345 g/mol. The van der Waals surface area contributed by atoms with Crippen molar-refractivity contribution in [3.8, 4) is 0 Å². The number of hydrogen-bond donors (Lipinski definition) is 3. The summed E-state index contributed by atoms with van der Waals surface area (Å²) >= 11 is 0. The maximum Gasteiger partial charge on any atom is 0.315 e. The van der Waals surface area contributed by atoms with Gasteiger partial charge in [0, 0.05) is 19.6 Å². The van der Waals surface area contributed by atoms with Gasteiger partial charge in [0.05, 0.1) is 6.10 Å². The SMILES string of the molecule is CC1CCN(CC(O)CNC(=O)NCc2ccc3c(c2)CCC3)CC1. The zero-order chi connectivity index (χ0) is 17.6. The van der Waals surface area contributed by atoms with Crippen LogP contribution in [0.5, 0.6) is 0 Å². The van der Waals surface area contributed by atoms with Gasteiger partial charge in [0.2, 0.25) is 0 Å². The van der Waals surface area contributed by atoms with E-state index in [-0.39, 0.29) is 6.03 Å². The van der Waals surface area contributed by atoms with Crippen LogP contribution < -0.4 is 10.6 Å². The monoisotopic (exact) mass is 345 g/mol. The third-order valence-corrected chi connectivity index (χ3v) is 5.46. The Kier molecular flexibility index (Phi) is 6.32. The van der Waals surface area contributed by atoms with E-state index in [1.807, 2.05) is 0 Å². The summed E-state index contributed by atoms with van der Waals surface area (Å²) in [5.41, 5.74) is 4.01. The van der Waals surface area contributed by atoms with Crippen molar-refractivity contribution in [1.82, 2.24) is 15.5 Å². The summed E-state index contributed by atoms with van der Waals surface area (Å²) in [4.78, 5) is 14.2. The van der Waals surface area contributed by atoms with Crippen LogP contribution in [0.25, 0.3) is 0 Å². The quantitative estimate of drug-likeness (QED) is 0.739. The van der Waals surface area contributed by atoms with E-state index in [0.29, 0.717) is 19.6 Å². The number of nitrogens with zero attached hydrogens (tertiary/aromatic N) is 1. The zero-order valence-electron chi connectivity index (χ0n) is 15.3. The number of benzene rings is 1. The topological polar surface area (TPSA) is 64.6 Å². The minimum atomic E-state index is -0.515. The molecule has 3 N–H and O–H groups in total. The Balaban J connectivity index is 1.33. The van der Waals surface area contributed by atoms with E-state index < -0.39 is 6.10 Å². The van der Waals surface area contributed by atoms with Crippen LogP contribution in [0.2, 0.25) is 0 Å². The molecule has 1 aromatic carbocycles. The fourth-order valence-corrected chi connectivity index (χ4v) is 3.80. The summed E-state index contributed by atoms with van der Waals surface area (Å²) < 4.78 is 0. The highest BCUT2D eigenvalue weighted by Crippen LogP contribution is 2.22. The van der Waals surface area contributed by atoms with Crippen LogP contribution in [0.1, 0.15) is 42.9 Å². The normalized spacial score (nSPS) is 19.4. The van der Waals surface area contributed by atoms with Gasteiger partial charge in [-0.15, -0.1) is 0 Å². The number of β-amino-alcohol motifs (C(OH)–C–C–N with tert-alkyl or cyclic N) is 1. The Morgan fingerprint density at radius 1 is 1.24 bits per heavy atom. The van der Waals surface area contributed by atoms with Crippen LogP contribution in [0, 0.1) is 5.92 Å². The molecule has 2 aliphatic rings.